The van der Waals surface area contributed by atoms with Crippen LogP contribution in [0.15, 0.2) is 0 Å². The molecule has 0 rings (SSSR count). The van der Waals surface area contributed by atoms with Crippen LogP contribution < -0.4 is 29.6 Å². The molecule has 258 valence electrons. The third-order valence-electron chi connectivity index (χ3n) is 7.37. The number of carbonyl (C=O) groups excluding carboxylic acids is 2. The zero-order valence-electron chi connectivity index (χ0n) is 28.5. The van der Waals surface area contributed by atoms with Gasteiger partial charge >= 0.3 is 41.5 Å². The average molecular weight is 661 g/mol. The Labute approximate surface area is 292 Å². The average Bonchev–Trinajstić information content (AvgIpc) is 2.97. The van der Waals surface area contributed by atoms with Crippen molar-refractivity contribution in [3.05, 3.63) is 0 Å². The summed E-state index contributed by atoms with van der Waals surface area (Å²) >= 11 is 0. The molecule has 0 aromatic carbocycles. The minimum Gasteiger partial charge on any atom is -0.726 e. The zero-order valence-corrected chi connectivity index (χ0v) is 31.4. The molecule has 0 aromatic rings. The first-order valence-electron chi connectivity index (χ1n) is 17.3. The van der Waals surface area contributed by atoms with Gasteiger partial charge in [-0.25, -0.2) is 13.2 Å². The molecule has 0 saturated carbocycles. The summed E-state index contributed by atoms with van der Waals surface area (Å²) in [5.41, 5.74) is 0. The maximum absolute atomic E-state index is 11.4. The van der Waals surface area contributed by atoms with E-state index >= 15 is 0 Å². The number of hydrogen-bond acceptors (Lipinski definition) is 9. The van der Waals surface area contributed by atoms with E-state index < -0.39 is 35.0 Å². The monoisotopic (exact) mass is 660 g/mol. The number of rotatable bonds is 30. The van der Waals surface area contributed by atoms with E-state index in [9.17, 15) is 22.6 Å². The topological polar surface area (TPSA) is 150 Å². The van der Waals surface area contributed by atoms with Crippen LogP contribution in [0, 0.1) is 0 Å². The predicted molar refractivity (Wildman–Crippen MR) is 171 cm³/mol. The van der Waals surface area contributed by atoms with E-state index in [-0.39, 0.29) is 42.6 Å². The summed E-state index contributed by atoms with van der Waals surface area (Å²) in [6.45, 7) is 3.76. The number of aliphatic hydroxyl groups is 2. The van der Waals surface area contributed by atoms with Crippen molar-refractivity contribution in [2.45, 2.75) is 187 Å². The first-order valence-corrected chi connectivity index (χ1v) is 18.6. The van der Waals surface area contributed by atoms with Crippen LogP contribution in [0.2, 0.25) is 0 Å². The Hall–Kier alpha value is -0.0700. The molecule has 0 radical (unpaired) electrons. The molecule has 0 amide bonds. The van der Waals surface area contributed by atoms with Gasteiger partial charge < -0.3 is 19.5 Å². The van der Waals surface area contributed by atoms with Crippen LogP contribution in [-0.2, 0) is 28.9 Å². The van der Waals surface area contributed by atoms with Crippen LogP contribution in [0.25, 0.3) is 0 Å². The Morgan fingerprint density at radius 3 is 1.25 bits per heavy atom. The minimum absolute atomic E-state index is 0. The normalized spacial score (nSPS) is 11.8. The molecule has 0 aliphatic carbocycles. The predicted octanol–water partition coefficient (Wildman–Crippen LogP) is 5.06. The molecule has 9 nitrogen and oxygen atoms in total. The Morgan fingerprint density at radius 2 is 0.932 bits per heavy atom. The smallest absolute Gasteiger partial charge is 0.726 e. The quantitative estimate of drug-likeness (QED) is 0.0269. The summed E-state index contributed by atoms with van der Waals surface area (Å²) in [5, 5.41) is 17.6. The Morgan fingerprint density at radius 1 is 0.614 bits per heavy atom. The van der Waals surface area contributed by atoms with Gasteiger partial charge in [0.15, 0.2) is 6.10 Å². The molecular weight excluding hydrogens is 595 g/mol. The molecule has 0 aliphatic heterocycles. The van der Waals surface area contributed by atoms with Gasteiger partial charge in [0.05, 0.1) is 13.2 Å². The second-order valence-corrected chi connectivity index (χ2v) is 12.7. The van der Waals surface area contributed by atoms with E-state index in [0.717, 1.165) is 25.7 Å². The second-order valence-electron chi connectivity index (χ2n) is 11.6. The van der Waals surface area contributed by atoms with Gasteiger partial charge in [-0.2, -0.15) is 0 Å². The summed E-state index contributed by atoms with van der Waals surface area (Å²) < 4.78 is 38.9. The molecule has 0 heterocycles. The summed E-state index contributed by atoms with van der Waals surface area (Å²) in [6.07, 6.45) is 29.1. The third-order valence-corrected chi connectivity index (χ3v) is 7.82. The number of unbranched alkanes of at least 4 members (excludes halogenated alkanes) is 23. The van der Waals surface area contributed by atoms with Gasteiger partial charge in [-0.15, -0.1) is 0 Å². The van der Waals surface area contributed by atoms with Crippen molar-refractivity contribution in [1.29, 1.82) is 0 Å². The largest absolute Gasteiger partial charge is 1.00 e. The van der Waals surface area contributed by atoms with Crippen molar-refractivity contribution in [1.82, 2.24) is 0 Å². The number of esters is 2. The van der Waals surface area contributed by atoms with E-state index in [4.69, 9.17) is 10.2 Å². The van der Waals surface area contributed by atoms with E-state index in [0.29, 0.717) is 12.8 Å². The summed E-state index contributed by atoms with van der Waals surface area (Å²) in [5.74, 6) is -1.70. The van der Waals surface area contributed by atoms with Gasteiger partial charge in [0.1, 0.15) is 0 Å². The van der Waals surface area contributed by atoms with E-state index in [1.165, 1.54) is 122 Å². The number of aliphatic hydroxyl groups excluding tert-OH is 2. The Kier molecular flexibility index (Phi) is 41.1. The van der Waals surface area contributed by atoms with Gasteiger partial charge in [-0.05, 0) is 12.8 Å². The number of hydrogen-bond donors (Lipinski definition) is 2. The fourth-order valence-electron chi connectivity index (χ4n) is 4.70. The van der Waals surface area contributed by atoms with Gasteiger partial charge in [-0.3, -0.25) is 8.98 Å². The molecule has 0 bridgehead atoms. The van der Waals surface area contributed by atoms with Crippen LogP contribution in [-0.4, -0.2) is 54.4 Å². The molecule has 0 fully saturated rings. The third kappa shape index (κ3) is 41.9. The van der Waals surface area contributed by atoms with Crippen molar-refractivity contribution < 1.29 is 71.2 Å². The maximum Gasteiger partial charge on any atom is 1.00 e. The molecule has 1 atom stereocenters. The van der Waals surface area contributed by atoms with Crippen LogP contribution in [0.4, 0.5) is 0 Å². The summed E-state index contributed by atoms with van der Waals surface area (Å²) in [6, 6.07) is 0. The maximum atomic E-state index is 11.4. The van der Waals surface area contributed by atoms with Crippen molar-refractivity contribution >= 4 is 22.3 Å². The molecule has 0 spiro atoms. The van der Waals surface area contributed by atoms with Crippen LogP contribution >= 0.6 is 0 Å². The van der Waals surface area contributed by atoms with E-state index in [1.54, 1.807) is 0 Å². The molecule has 0 saturated heterocycles. The first-order chi connectivity index (χ1) is 20.7. The van der Waals surface area contributed by atoms with Crippen LogP contribution in [0.5, 0.6) is 0 Å². The molecule has 11 heteroatoms. The molecular formula is C33H65NaO9S. The SMILES string of the molecule is CCCCCCCCCCCCCCCCCC(=O)OC(=O)C(O)CO.CCCCCCCCCCCCOS(=O)(=O)[O-].[Na+]. The standard InChI is InChI=1S/C21H40O5.C12H26O4S.Na/c1-2-3-4-5-6-7-8-9-10-11-12-13-14-15-16-17-20(24)26-21(25)19(23)18-22;1-2-3-4-5-6-7-8-9-10-11-12-16-17(13,14)15;/h19,22-23H,2-18H2,1H3;2-12H2,1H3,(H,13,14,15);/q;;+1/p-1. The van der Waals surface area contributed by atoms with Crippen LogP contribution in [0.3, 0.4) is 0 Å². The zero-order chi connectivity index (χ0) is 32.4. The fourth-order valence-corrected chi connectivity index (χ4v) is 5.02. The molecule has 44 heavy (non-hydrogen) atoms. The first kappa shape index (κ1) is 48.3. The molecule has 1 unspecified atom stereocenters. The van der Waals surface area contributed by atoms with E-state index in [2.05, 4.69) is 22.8 Å². The van der Waals surface area contributed by atoms with Crippen LogP contribution in [0.1, 0.15) is 181 Å². The van der Waals surface area contributed by atoms with Gasteiger partial charge in [-0.1, -0.05) is 162 Å². The molecule has 0 aliphatic rings. The van der Waals surface area contributed by atoms with Crippen molar-refractivity contribution in [2.75, 3.05) is 13.2 Å². The summed E-state index contributed by atoms with van der Waals surface area (Å²) in [4.78, 5) is 22.5. The van der Waals surface area contributed by atoms with Gasteiger partial charge in [0, 0.05) is 6.42 Å². The van der Waals surface area contributed by atoms with E-state index in [1.807, 2.05) is 0 Å². The Bertz CT molecular complexity index is 720. The van der Waals surface area contributed by atoms with Crippen molar-refractivity contribution in [3.63, 3.8) is 0 Å². The number of ether oxygens (including phenoxy) is 1. The van der Waals surface area contributed by atoms with Gasteiger partial charge in [0.2, 0.25) is 10.4 Å². The van der Waals surface area contributed by atoms with Crippen molar-refractivity contribution in [3.8, 4) is 0 Å². The second kappa shape index (κ2) is 37.4. The molecule has 0 aromatic heterocycles. The molecule has 2 N–H and O–H groups in total. The Balaban J connectivity index is -0.000000812. The van der Waals surface area contributed by atoms with Crippen molar-refractivity contribution in [2.24, 2.45) is 0 Å². The van der Waals surface area contributed by atoms with Gasteiger partial charge in [0.25, 0.3) is 0 Å². The summed E-state index contributed by atoms with van der Waals surface area (Å²) in [7, 11) is -4.48. The fraction of sp³-hybridized carbons (Fsp3) is 0.939. The number of carbonyl (C=O) groups is 2. The minimum atomic E-state index is -4.48.